The number of hydrogen-bond donors (Lipinski definition) is 0. The molecule has 0 aromatic rings. The first-order chi connectivity index (χ1) is 35.0. The fraction of sp³-hybridized carbons (Fsp3) is 0.769. The van der Waals surface area contributed by atoms with Gasteiger partial charge in [-0.05, 0) is 116 Å². The van der Waals surface area contributed by atoms with Crippen molar-refractivity contribution in [3.63, 3.8) is 0 Å². The Morgan fingerprint density at radius 3 is 0.845 bits per heavy atom. The van der Waals surface area contributed by atoms with Crippen LogP contribution in [-0.2, 0) is 28.6 Å². The number of esters is 3. The van der Waals surface area contributed by atoms with Gasteiger partial charge in [0.15, 0.2) is 6.10 Å². The van der Waals surface area contributed by atoms with Gasteiger partial charge in [-0.2, -0.15) is 0 Å². The number of ether oxygens (including phenoxy) is 3. The minimum Gasteiger partial charge on any atom is -0.462 e. The van der Waals surface area contributed by atoms with Crippen LogP contribution >= 0.6 is 0 Å². The molecule has 0 aliphatic carbocycles. The lowest BCUT2D eigenvalue weighted by Gasteiger charge is -2.18. The number of carbonyl (C=O) groups is 3. The van der Waals surface area contributed by atoms with Crippen molar-refractivity contribution in [2.24, 2.45) is 0 Å². The largest absolute Gasteiger partial charge is 0.462 e. The third-order valence-corrected chi connectivity index (χ3v) is 13.2. The van der Waals surface area contributed by atoms with Crippen LogP contribution in [0.25, 0.3) is 0 Å². The second kappa shape index (κ2) is 59.4. The Morgan fingerprint density at radius 2 is 0.507 bits per heavy atom. The summed E-state index contributed by atoms with van der Waals surface area (Å²) in [6, 6.07) is 0. The Balaban J connectivity index is 4.44. The molecule has 0 saturated carbocycles. The maximum atomic E-state index is 12.9. The fourth-order valence-corrected chi connectivity index (χ4v) is 8.53. The summed E-state index contributed by atoms with van der Waals surface area (Å²) >= 11 is 0. The molecular weight excluding hydrogens is 877 g/mol. The van der Waals surface area contributed by atoms with Crippen molar-refractivity contribution in [3.8, 4) is 0 Å². The van der Waals surface area contributed by atoms with Crippen LogP contribution in [0.3, 0.4) is 0 Å². The van der Waals surface area contributed by atoms with Crippen LogP contribution in [-0.4, -0.2) is 37.2 Å². The van der Waals surface area contributed by atoms with Crippen molar-refractivity contribution in [1.82, 2.24) is 0 Å². The van der Waals surface area contributed by atoms with E-state index in [0.717, 1.165) is 89.9 Å². The first-order valence-electron chi connectivity index (χ1n) is 30.4. The first kappa shape index (κ1) is 67.8. The molecule has 6 nitrogen and oxygen atoms in total. The fourth-order valence-electron chi connectivity index (χ4n) is 8.53. The highest BCUT2D eigenvalue weighted by Crippen LogP contribution is 2.15. The standard InChI is InChI=1S/C65H114O6/c1-4-7-10-13-16-19-22-25-28-30-32-34-37-40-43-46-49-52-55-58-64(67)70-61-62(60-69-63(66)57-54-51-48-45-42-39-36-27-24-21-18-15-12-9-6-3)71-65(68)59-56-53-50-47-44-41-38-35-33-31-29-26-23-20-17-14-11-8-5-2/h16,19,25-29,32,34,36,40,43,62H,4-15,17-18,20-24,30-31,33,35,37-39,41-42,44-61H2,1-3H3/b19-16-,28-25-,29-26-,34-32-,36-27-,43-40-/t62-/m0/s1. The monoisotopic (exact) mass is 991 g/mol. The summed E-state index contributed by atoms with van der Waals surface area (Å²) in [5.74, 6) is -0.920. The smallest absolute Gasteiger partial charge is 0.306 e. The number of carbonyl (C=O) groups excluding carboxylic acids is 3. The molecule has 0 aromatic heterocycles. The number of unbranched alkanes of at least 4 members (excludes halogenated alkanes) is 32. The van der Waals surface area contributed by atoms with Gasteiger partial charge in [0, 0.05) is 19.3 Å². The van der Waals surface area contributed by atoms with Crippen LogP contribution in [0.5, 0.6) is 0 Å². The number of hydrogen-bond acceptors (Lipinski definition) is 6. The number of allylic oxidation sites excluding steroid dienone is 12. The average molecular weight is 992 g/mol. The quantitative estimate of drug-likeness (QED) is 0.0261. The van der Waals surface area contributed by atoms with Gasteiger partial charge in [0.2, 0.25) is 0 Å². The van der Waals surface area contributed by atoms with E-state index in [1.165, 1.54) is 173 Å². The van der Waals surface area contributed by atoms with Gasteiger partial charge in [-0.1, -0.05) is 241 Å². The molecule has 1 atom stereocenters. The highest BCUT2D eigenvalue weighted by molar-refractivity contribution is 5.71. The Labute approximate surface area is 440 Å². The van der Waals surface area contributed by atoms with Crippen molar-refractivity contribution < 1.29 is 28.6 Å². The topological polar surface area (TPSA) is 78.9 Å². The Hall–Kier alpha value is -3.15. The van der Waals surface area contributed by atoms with Gasteiger partial charge in [0.1, 0.15) is 13.2 Å². The second-order valence-electron chi connectivity index (χ2n) is 20.2. The molecule has 0 aliphatic rings. The predicted molar refractivity (Wildman–Crippen MR) is 307 cm³/mol. The molecule has 0 rings (SSSR count). The summed E-state index contributed by atoms with van der Waals surface area (Å²) < 4.78 is 16.9. The molecule has 0 aromatic carbocycles. The molecule has 0 fully saturated rings. The lowest BCUT2D eigenvalue weighted by molar-refractivity contribution is -0.167. The zero-order valence-electron chi connectivity index (χ0n) is 47.0. The first-order valence-corrected chi connectivity index (χ1v) is 30.4. The molecular formula is C65H114O6. The lowest BCUT2D eigenvalue weighted by Crippen LogP contribution is -2.30. The molecule has 0 unspecified atom stereocenters. The van der Waals surface area contributed by atoms with E-state index < -0.39 is 6.10 Å². The van der Waals surface area contributed by atoms with E-state index in [2.05, 4.69) is 93.7 Å². The molecule has 0 amide bonds. The molecule has 0 aliphatic heterocycles. The van der Waals surface area contributed by atoms with Crippen LogP contribution in [0.1, 0.15) is 303 Å². The van der Waals surface area contributed by atoms with Crippen molar-refractivity contribution in [2.45, 2.75) is 309 Å². The molecule has 0 heterocycles. The van der Waals surface area contributed by atoms with Gasteiger partial charge in [0.25, 0.3) is 0 Å². The minimum atomic E-state index is -0.794. The summed E-state index contributed by atoms with van der Waals surface area (Å²) in [5, 5.41) is 0. The normalized spacial score (nSPS) is 12.5. The van der Waals surface area contributed by atoms with E-state index >= 15 is 0 Å². The van der Waals surface area contributed by atoms with E-state index in [9.17, 15) is 14.4 Å². The highest BCUT2D eigenvalue weighted by Gasteiger charge is 2.19. The van der Waals surface area contributed by atoms with Gasteiger partial charge >= 0.3 is 17.9 Å². The molecule has 6 heteroatoms. The summed E-state index contributed by atoms with van der Waals surface area (Å²) in [6.07, 6.45) is 76.1. The van der Waals surface area contributed by atoms with Gasteiger partial charge in [-0.15, -0.1) is 0 Å². The zero-order valence-corrected chi connectivity index (χ0v) is 47.0. The SMILES string of the molecule is CCCCC/C=C\C/C=C\C/C=C\C/C=C\CCCCCC(=O)OC[C@H](COC(=O)CCCCCCC/C=C\CCCCCCCC)OC(=O)CCCCCCCCCCC/C=C\CCCCCCCC. The van der Waals surface area contributed by atoms with Gasteiger partial charge in [0.05, 0.1) is 0 Å². The summed E-state index contributed by atoms with van der Waals surface area (Å²) in [6.45, 7) is 6.59. The van der Waals surface area contributed by atoms with E-state index in [-0.39, 0.29) is 31.1 Å². The summed E-state index contributed by atoms with van der Waals surface area (Å²) in [7, 11) is 0. The highest BCUT2D eigenvalue weighted by atomic mass is 16.6. The van der Waals surface area contributed by atoms with Crippen molar-refractivity contribution >= 4 is 17.9 Å². The average Bonchev–Trinajstić information content (AvgIpc) is 3.37. The third kappa shape index (κ3) is 57.6. The molecule has 0 radical (unpaired) electrons. The number of rotatable bonds is 55. The minimum absolute atomic E-state index is 0.0898. The predicted octanol–water partition coefficient (Wildman–Crippen LogP) is 20.5. The maximum absolute atomic E-state index is 12.9. The zero-order chi connectivity index (χ0) is 51.4. The third-order valence-electron chi connectivity index (χ3n) is 13.2. The van der Waals surface area contributed by atoms with Crippen LogP contribution in [0.2, 0.25) is 0 Å². The Kier molecular flexibility index (Phi) is 56.8. The van der Waals surface area contributed by atoms with E-state index in [1.54, 1.807) is 0 Å². The van der Waals surface area contributed by atoms with E-state index in [0.29, 0.717) is 19.3 Å². The lowest BCUT2D eigenvalue weighted by atomic mass is 10.1. The molecule has 0 spiro atoms. The van der Waals surface area contributed by atoms with Crippen LogP contribution in [0.4, 0.5) is 0 Å². The summed E-state index contributed by atoms with van der Waals surface area (Å²) in [5.41, 5.74) is 0. The van der Waals surface area contributed by atoms with Crippen molar-refractivity contribution in [2.75, 3.05) is 13.2 Å². The molecule has 410 valence electrons. The maximum Gasteiger partial charge on any atom is 0.306 e. The molecule has 0 N–H and O–H groups in total. The molecule has 0 bridgehead atoms. The summed E-state index contributed by atoms with van der Waals surface area (Å²) in [4.78, 5) is 38.2. The van der Waals surface area contributed by atoms with Crippen LogP contribution in [0, 0.1) is 0 Å². The molecule has 71 heavy (non-hydrogen) atoms. The van der Waals surface area contributed by atoms with Crippen LogP contribution < -0.4 is 0 Å². The van der Waals surface area contributed by atoms with Crippen molar-refractivity contribution in [1.29, 1.82) is 0 Å². The van der Waals surface area contributed by atoms with Gasteiger partial charge in [-0.3, -0.25) is 14.4 Å². The Bertz CT molecular complexity index is 1320. The van der Waals surface area contributed by atoms with Crippen molar-refractivity contribution in [3.05, 3.63) is 72.9 Å². The van der Waals surface area contributed by atoms with Gasteiger partial charge < -0.3 is 14.2 Å². The second-order valence-corrected chi connectivity index (χ2v) is 20.2. The molecule has 0 saturated heterocycles. The van der Waals surface area contributed by atoms with E-state index in [4.69, 9.17) is 14.2 Å². The Morgan fingerprint density at radius 1 is 0.282 bits per heavy atom. The van der Waals surface area contributed by atoms with E-state index in [1.807, 2.05) is 0 Å². The van der Waals surface area contributed by atoms with Crippen LogP contribution in [0.15, 0.2) is 72.9 Å². The van der Waals surface area contributed by atoms with Gasteiger partial charge in [-0.25, -0.2) is 0 Å².